The monoisotopic (exact) mass is 278 g/mol. The summed E-state index contributed by atoms with van der Waals surface area (Å²) in [6, 6.07) is 0. The van der Waals surface area contributed by atoms with Crippen molar-refractivity contribution in [3.8, 4) is 0 Å². The summed E-state index contributed by atoms with van der Waals surface area (Å²) in [5, 5.41) is 6.28. The lowest BCUT2D eigenvalue weighted by Gasteiger charge is -2.31. The third-order valence-electron chi connectivity index (χ3n) is 4.76. The van der Waals surface area contributed by atoms with Crippen LogP contribution in [0.3, 0.4) is 0 Å². The van der Waals surface area contributed by atoms with Gasteiger partial charge in [0.15, 0.2) is 0 Å². The van der Waals surface area contributed by atoms with Crippen LogP contribution in [0.1, 0.15) is 32.6 Å². The third kappa shape index (κ3) is 2.32. The van der Waals surface area contributed by atoms with Gasteiger partial charge >= 0.3 is 0 Å². The molecule has 0 atom stereocenters. The van der Waals surface area contributed by atoms with Gasteiger partial charge in [0.05, 0.1) is 0 Å². The zero-order chi connectivity index (χ0) is 14.2. The fraction of sp³-hybridized carbons (Fsp3) is 0.786. The summed E-state index contributed by atoms with van der Waals surface area (Å²) in [6.07, 6.45) is 3.36. The molecule has 2 N–H and O–H groups in total. The highest BCUT2D eigenvalue weighted by Gasteiger charge is 2.45. The van der Waals surface area contributed by atoms with E-state index in [4.69, 9.17) is 4.99 Å². The van der Waals surface area contributed by atoms with Crippen LogP contribution in [-0.2, 0) is 9.59 Å². The number of piperidine rings is 2. The molecule has 3 aliphatic heterocycles. The number of rotatable bonds is 1. The molecule has 0 bridgehead atoms. The van der Waals surface area contributed by atoms with Gasteiger partial charge in [-0.3, -0.25) is 14.6 Å². The number of amidine groups is 1. The highest BCUT2D eigenvalue weighted by molar-refractivity contribution is 6.09. The molecule has 0 radical (unpaired) electrons. The van der Waals surface area contributed by atoms with Gasteiger partial charge in [0.1, 0.15) is 11.4 Å². The Morgan fingerprint density at radius 2 is 1.95 bits per heavy atom. The number of hydrogen-bond donors (Lipinski definition) is 2. The minimum atomic E-state index is -0.516. The average molecular weight is 278 g/mol. The van der Waals surface area contributed by atoms with Crippen LogP contribution in [0, 0.1) is 5.92 Å². The molecule has 2 fully saturated rings. The predicted octanol–water partition coefficient (Wildman–Crippen LogP) is -0.105. The Morgan fingerprint density at radius 3 is 2.55 bits per heavy atom. The SMILES string of the molecule is CC(=O)N1CCC(C2=NC3(CCNCC3)C(=O)N2)CC1. The molecule has 110 valence electrons. The average Bonchev–Trinajstić information content (AvgIpc) is 2.77. The molecule has 20 heavy (non-hydrogen) atoms. The number of carbonyl (C=O) groups excluding carboxylic acids is 2. The standard InChI is InChI=1S/C14H22N4O2/c1-10(19)18-8-2-11(3-9-18)12-16-13(20)14(17-12)4-6-15-7-5-14/h11,15H,2-9H2,1H3,(H,16,17,20). The number of aliphatic imine (C=N–C) groups is 1. The minimum Gasteiger partial charge on any atom is -0.343 e. The summed E-state index contributed by atoms with van der Waals surface area (Å²) in [7, 11) is 0. The van der Waals surface area contributed by atoms with Crippen molar-refractivity contribution in [1.82, 2.24) is 15.5 Å². The van der Waals surface area contributed by atoms with Gasteiger partial charge < -0.3 is 15.5 Å². The molecule has 2 saturated heterocycles. The van der Waals surface area contributed by atoms with Crippen LogP contribution in [0.25, 0.3) is 0 Å². The lowest BCUT2D eigenvalue weighted by atomic mass is 9.89. The molecule has 3 heterocycles. The molecule has 0 aromatic heterocycles. The highest BCUT2D eigenvalue weighted by Crippen LogP contribution is 2.30. The van der Waals surface area contributed by atoms with Gasteiger partial charge in [-0.05, 0) is 38.8 Å². The number of nitrogens with zero attached hydrogens (tertiary/aromatic N) is 2. The van der Waals surface area contributed by atoms with Crippen LogP contribution in [0.2, 0.25) is 0 Å². The molecule has 0 aliphatic carbocycles. The molecule has 0 aromatic carbocycles. The molecular formula is C14H22N4O2. The van der Waals surface area contributed by atoms with E-state index in [2.05, 4.69) is 10.6 Å². The summed E-state index contributed by atoms with van der Waals surface area (Å²) in [4.78, 5) is 30.2. The molecule has 0 saturated carbocycles. The normalized spacial score (nSPS) is 26.6. The van der Waals surface area contributed by atoms with Crippen molar-refractivity contribution >= 4 is 17.6 Å². The van der Waals surface area contributed by atoms with Gasteiger partial charge in [-0.15, -0.1) is 0 Å². The van der Waals surface area contributed by atoms with E-state index in [1.54, 1.807) is 6.92 Å². The van der Waals surface area contributed by atoms with Crippen molar-refractivity contribution in [2.75, 3.05) is 26.2 Å². The second-order valence-corrected chi connectivity index (χ2v) is 6.01. The Balaban J connectivity index is 1.68. The van der Waals surface area contributed by atoms with Crippen LogP contribution in [0.5, 0.6) is 0 Å². The topological polar surface area (TPSA) is 73.8 Å². The number of carbonyl (C=O) groups is 2. The Labute approximate surface area is 119 Å². The molecular weight excluding hydrogens is 256 g/mol. The first-order valence-electron chi connectivity index (χ1n) is 7.48. The largest absolute Gasteiger partial charge is 0.343 e. The van der Waals surface area contributed by atoms with E-state index < -0.39 is 5.54 Å². The maximum Gasteiger partial charge on any atom is 0.253 e. The molecule has 0 unspecified atom stereocenters. The number of nitrogens with one attached hydrogen (secondary N) is 2. The maximum atomic E-state index is 12.3. The van der Waals surface area contributed by atoms with Gasteiger partial charge in [0.25, 0.3) is 5.91 Å². The van der Waals surface area contributed by atoms with E-state index in [1.807, 2.05) is 4.90 Å². The van der Waals surface area contributed by atoms with Crippen molar-refractivity contribution in [3.63, 3.8) is 0 Å². The van der Waals surface area contributed by atoms with Gasteiger partial charge in [0.2, 0.25) is 5.91 Å². The molecule has 2 amide bonds. The highest BCUT2D eigenvalue weighted by atomic mass is 16.2. The van der Waals surface area contributed by atoms with Crippen LogP contribution < -0.4 is 10.6 Å². The smallest absolute Gasteiger partial charge is 0.253 e. The maximum absolute atomic E-state index is 12.3. The number of amides is 2. The first-order chi connectivity index (χ1) is 9.61. The fourth-order valence-corrected chi connectivity index (χ4v) is 3.38. The van der Waals surface area contributed by atoms with Gasteiger partial charge in [0, 0.05) is 25.9 Å². The summed E-state index contributed by atoms with van der Waals surface area (Å²) in [5.41, 5.74) is -0.516. The zero-order valence-electron chi connectivity index (χ0n) is 11.9. The van der Waals surface area contributed by atoms with Gasteiger partial charge in [-0.2, -0.15) is 0 Å². The lowest BCUT2D eigenvalue weighted by Crippen LogP contribution is -2.48. The summed E-state index contributed by atoms with van der Waals surface area (Å²) in [6.45, 7) is 4.85. The molecule has 0 aromatic rings. The van der Waals surface area contributed by atoms with Crippen molar-refractivity contribution in [2.24, 2.45) is 10.9 Å². The Bertz CT molecular complexity index is 446. The summed E-state index contributed by atoms with van der Waals surface area (Å²) in [5.74, 6) is 1.36. The zero-order valence-corrected chi connectivity index (χ0v) is 11.9. The van der Waals surface area contributed by atoms with E-state index in [1.165, 1.54) is 0 Å². The summed E-state index contributed by atoms with van der Waals surface area (Å²) < 4.78 is 0. The molecule has 3 aliphatic rings. The first-order valence-corrected chi connectivity index (χ1v) is 7.48. The van der Waals surface area contributed by atoms with E-state index in [9.17, 15) is 9.59 Å². The van der Waals surface area contributed by atoms with Gasteiger partial charge in [-0.25, -0.2) is 0 Å². The van der Waals surface area contributed by atoms with Crippen molar-refractivity contribution < 1.29 is 9.59 Å². The third-order valence-corrected chi connectivity index (χ3v) is 4.76. The van der Waals surface area contributed by atoms with Crippen molar-refractivity contribution in [2.45, 2.75) is 38.1 Å². The van der Waals surface area contributed by atoms with E-state index in [-0.39, 0.29) is 11.8 Å². The number of hydrogen-bond acceptors (Lipinski definition) is 4. The van der Waals surface area contributed by atoms with Crippen LogP contribution in [0.4, 0.5) is 0 Å². The Hall–Kier alpha value is -1.43. The quantitative estimate of drug-likeness (QED) is 0.703. The lowest BCUT2D eigenvalue weighted by molar-refractivity contribution is -0.130. The fourth-order valence-electron chi connectivity index (χ4n) is 3.38. The van der Waals surface area contributed by atoms with E-state index in [0.29, 0.717) is 5.92 Å². The van der Waals surface area contributed by atoms with Crippen molar-refractivity contribution in [1.29, 1.82) is 0 Å². The second kappa shape index (κ2) is 5.16. The van der Waals surface area contributed by atoms with E-state index >= 15 is 0 Å². The molecule has 6 nitrogen and oxygen atoms in total. The Morgan fingerprint density at radius 1 is 1.30 bits per heavy atom. The second-order valence-electron chi connectivity index (χ2n) is 6.01. The predicted molar refractivity (Wildman–Crippen MR) is 75.4 cm³/mol. The molecule has 1 spiro atoms. The number of likely N-dealkylation sites (tertiary alicyclic amines) is 1. The summed E-state index contributed by atoms with van der Waals surface area (Å²) >= 11 is 0. The first kappa shape index (κ1) is 13.5. The molecule has 3 rings (SSSR count). The van der Waals surface area contributed by atoms with E-state index in [0.717, 1.165) is 57.7 Å². The van der Waals surface area contributed by atoms with Crippen LogP contribution in [0.15, 0.2) is 4.99 Å². The minimum absolute atomic E-state index is 0.0722. The van der Waals surface area contributed by atoms with Crippen LogP contribution >= 0.6 is 0 Å². The van der Waals surface area contributed by atoms with Gasteiger partial charge in [-0.1, -0.05) is 0 Å². The molecule has 6 heteroatoms. The van der Waals surface area contributed by atoms with Crippen molar-refractivity contribution in [3.05, 3.63) is 0 Å². The Kier molecular flexibility index (Phi) is 3.50. The van der Waals surface area contributed by atoms with Crippen LogP contribution in [-0.4, -0.2) is 54.3 Å².